The van der Waals surface area contributed by atoms with Gasteiger partial charge in [-0.1, -0.05) is 12.8 Å². The molecule has 2 rings (SSSR count). The molecule has 0 aromatic carbocycles. The summed E-state index contributed by atoms with van der Waals surface area (Å²) in [6.07, 6.45) is 5.84. The lowest BCUT2D eigenvalue weighted by molar-refractivity contribution is -0.108. The van der Waals surface area contributed by atoms with E-state index in [9.17, 15) is 4.79 Å². The lowest BCUT2D eigenvalue weighted by atomic mass is 10.0. The molecule has 0 aliphatic heterocycles. The lowest BCUT2D eigenvalue weighted by Crippen LogP contribution is -2.04. The van der Waals surface area contributed by atoms with E-state index in [4.69, 9.17) is 11.6 Å². The zero-order chi connectivity index (χ0) is 7.19. The zero-order valence-corrected chi connectivity index (χ0v) is 6.60. The Kier molecular flexibility index (Phi) is 1.31. The van der Waals surface area contributed by atoms with Crippen LogP contribution in [0.5, 0.6) is 0 Å². The Labute approximate surface area is 65.7 Å². The molecule has 0 heterocycles. The number of aldehydes is 1. The minimum Gasteiger partial charge on any atom is -0.301 e. The SMILES string of the molecule is O=CC1(Cl)[C@@H]2CCCC[C@@H]21. The predicted octanol–water partition coefficient (Wildman–Crippen LogP) is 1.98. The van der Waals surface area contributed by atoms with Crippen molar-refractivity contribution in [1.29, 1.82) is 0 Å². The van der Waals surface area contributed by atoms with Gasteiger partial charge in [-0.3, -0.25) is 0 Å². The third kappa shape index (κ3) is 0.672. The standard InChI is InChI=1S/C8H11ClO/c9-8(5-10)6-3-1-2-4-7(6)8/h5-7H,1-4H2/t6-,7+,8?. The predicted molar refractivity (Wildman–Crippen MR) is 40.1 cm³/mol. The van der Waals surface area contributed by atoms with Gasteiger partial charge in [-0.25, -0.2) is 0 Å². The first-order chi connectivity index (χ1) is 4.79. The van der Waals surface area contributed by atoms with Crippen molar-refractivity contribution in [1.82, 2.24) is 0 Å². The van der Waals surface area contributed by atoms with E-state index < -0.39 is 4.87 Å². The highest BCUT2D eigenvalue weighted by Gasteiger charge is 2.63. The molecule has 0 aromatic rings. The molecule has 2 heteroatoms. The number of halogens is 1. The minimum absolute atomic E-state index is 0.420. The topological polar surface area (TPSA) is 17.1 Å². The van der Waals surface area contributed by atoms with E-state index in [1.165, 1.54) is 25.7 Å². The van der Waals surface area contributed by atoms with Crippen LogP contribution >= 0.6 is 11.6 Å². The van der Waals surface area contributed by atoms with Crippen molar-refractivity contribution in [3.63, 3.8) is 0 Å². The van der Waals surface area contributed by atoms with Crippen LogP contribution in [0.1, 0.15) is 25.7 Å². The van der Waals surface area contributed by atoms with Gasteiger partial charge in [-0.05, 0) is 24.7 Å². The van der Waals surface area contributed by atoms with Crippen LogP contribution < -0.4 is 0 Å². The number of rotatable bonds is 1. The lowest BCUT2D eigenvalue weighted by Gasteiger charge is -2.04. The molecule has 0 saturated heterocycles. The molecule has 0 bridgehead atoms. The third-order valence-electron chi connectivity index (χ3n) is 2.97. The highest BCUT2D eigenvalue weighted by molar-refractivity contribution is 6.34. The van der Waals surface area contributed by atoms with Crippen molar-refractivity contribution in [3.05, 3.63) is 0 Å². The Hall–Kier alpha value is -0.0400. The highest BCUT2D eigenvalue weighted by atomic mass is 35.5. The molecule has 0 aromatic heterocycles. The Morgan fingerprint density at radius 3 is 2.20 bits per heavy atom. The van der Waals surface area contributed by atoms with Crippen molar-refractivity contribution < 1.29 is 4.79 Å². The van der Waals surface area contributed by atoms with Crippen LogP contribution in [0, 0.1) is 11.8 Å². The first-order valence-corrected chi connectivity index (χ1v) is 4.32. The number of alkyl halides is 1. The van der Waals surface area contributed by atoms with E-state index in [1.54, 1.807) is 0 Å². The Morgan fingerprint density at radius 2 is 1.80 bits per heavy atom. The zero-order valence-electron chi connectivity index (χ0n) is 5.85. The van der Waals surface area contributed by atoms with Crippen LogP contribution in [0.25, 0.3) is 0 Å². The van der Waals surface area contributed by atoms with Gasteiger partial charge < -0.3 is 4.79 Å². The van der Waals surface area contributed by atoms with Gasteiger partial charge in [0.15, 0.2) is 0 Å². The van der Waals surface area contributed by atoms with Gasteiger partial charge in [0.2, 0.25) is 0 Å². The average molecular weight is 159 g/mol. The summed E-state index contributed by atoms with van der Waals surface area (Å²) in [5, 5.41) is 0. The van der Waals surface area contributed by atoms with Crippen molar-refractivity contribution in [2.45, 2.75) is 30.6 Å². The van der Waals surface area contributed by atoms with Crippen molar-refractivity contribution in [2.75, 3.05) is 0 Å². The Bertz CT molecular complexity index is 155. The monoisotopic (exact) mass is 158 g/mol. The number of hydrogen-bond acceptors (Lipinski definition) is 1. The largest absolute Gasteiger partial charge is 0.301 e. The van der Waals surface area contributed by atoms with E-state index in [2.05, 4.69) is 0 Å². The van der Waals surface area contributed by atoms with Crippen LogP contribution in [0.2, 0.25) is 0 Å². The number of fused-ring (bicyclic) bond motifs is 1. The fourth-order valence-electron chi connectivity index (χ4n) is 2.27. The van der Waals surface area contributed by atoms with Gasteiger partial charge in [0, 0.05) is 0 Å². The molecule has 2 aliphatic carbocycles. The molecule has 2 saturated carbocycles. The maximum Gasteiger partial charge on any atom is 0.141 e. The van der Waals surface area contributed by atoms with Crippen molar-refractivity contribution in [3.8, 4) is 0 Å². The number of carbonyl (C=O) groups excluding carboxylic acids is 1. The third-order valence-corrected chi connectivity index (χ3v) is 3.62. The van der Waals surface area contributed by atoms with Gasteiger partial charge >= 0.3 is 0 Å². The van der Waals surface area contributed by atoms with E-state index in [1.807, 2.05) is 0 Å². The summed E-state index contributed by atoms with van der Waals surface area (Å²) in [5.41, 5.74) is 0. The second-order valence-corrected chi connectivity index (χ2v) is 4.10. The van der Waals surface area contributed by atoms with Crippen molar-refractivity contribution >= 4 is 17.9 Å². The summed E-state index contributed by atoms with van der Waals surface area (Å²) in [6.45, 7) is 0. The summed E-state index contributed by atoms with van der Waals surface area (Å²) in [5.74, 6) is 1.06. The maximum atomic E-state index is 10.5. The second kappa shape index (κ2) is 1.97. The van der Waals surface area contributed by atoms with Crippen LogP contribution in [-0.2, 0) is 4.79 Å². The number of carbonyl (C=O) groups is 1. The highest BCUT2D eigenvalue weighted by Crippen LogP contribution is 2.61. The molecular formula is C8H11ClO. The van der Waals surface area contributed by atoms with Gasteiger partial charge in [0.1, 0.15) is 11.2 Å². The van der Waals surface area contributed by atoms with Crippen LogP contribution in [-0.4, -0.2) is 11.2 Å². The average Bonchev–Trinajstić information content (AvgIpc) is 2.60. The van der Waals surface area contributed by atoms with Crippen LogP contribution in [0.15, 0.2) is 0 Å². The molecule has 0 spiro atoms. The molecule has 1 unspecified atom stereocenters. The summed E-state index contributed by atoms with van der Waals surface area (Å²) >= 11 is 6.03. The van der Waals surface area contributed by atoms with E-state index in [0.29, 0.717) is 11.8 Å². The molecule has 10 heavy (non-hydrogen) atoms. The van der Waals surface area contributed by atoms with Crippen LogP contribution in [0.3, 0.4) is 0 Å². The summed E-state index contributed by atoms with van der Waals surface area (Å²) < 4.78 is 0. The first-order valence-electron chi connectivity index (χ1n) is 3.94. The maximum absolute atomic E-state index is 10.5. The molecule has 2 aliphatic rings. The van der Waals surface area contributed by atoms with E-state index >= 15 is 0 Å². The normalized spacial score (nSPS) is 51.7. The molecular weight excluding hydrogens is 148 g/mol. The molecule has 1 nitrogen and oxygen atoms in total. The summed E-state index contributed by atoms with van der Waals surface area (Å²) in [6, 6.07) is 0. The molecule has 0 radical (unpaired) electrons. The summed E-state index contributed by atoms with van der Waals surface area (Å²) in [7, 11) is 0. The molecule has 0 N–H and O–H groups in total. The van der Waals surface area contributed by atoms with E-state index in [-0.39, 0.29) is 0 Å². The van der Waals surface area contributed by atoms with Crippen molar-refractivity contribution in [2.24, 2.45) is 11.8 Å². The summed E-state index contributed by atoms with van der Waals surface area (Å²) in [4.78, 5) is 10.1. The molecule has 3 atom stereocenters. The van der Waals surface area contributed by atoms with Crippen LogP contribution in [0.4, 0.5) is 0 Å². The Balaban J connectivity index is 2.11. The number of hydrogen-bond donors (Lipinski definition) is 0. The van der Waals surface area contributed by atoms with E-state index in [0.717, 1.165) is 6.29 Å². The molecule has 0 amide bonds. The quantitative estimate of drug-likeness (QED) is 0.421. The molecule has 2 fully saturated rings. The first kappa shape index (κ1) is 6.66. The van der Waals surface area contributed by atoms with Gasteiger partial charge in [0.05, 0.1) is 0 Å². The van der Waals surface area contributed by atoms with Gasteiger partial charge in [0.25, 0.3) is 0 Å². The Morgan fingerprint density at radius 1 is 1.30 bits per heavy atom. The fourth-order valence-corrected chi connectivity index (χ4v) is 2.73. The van der Waals surface area contributed by atoms with Gasteiger partial charge in [-0.15, -0.1) is 11.6 Å². The second-order valence-electron chi connectivity index (χ2n) is 3.44. The smallest absolute Gasteiger partial charge is 0.141 e. The minimum atomic E-state index is -0.420. The van der Waals surface area contributed by atoms with Gasteiger partial charge in [-0.2, -0.15) is 0 Å². The fraction of sp³-hybridized carbons (Fsp3) is 0.875. The molecule has 56 valence electrons.